The molecule has 1 rings (SSSR count). The van der Waals surface area contributed by atoms with Crippen molar-refractivity contribution in [3.63, 3.8) is 0 Å². The summed E-state index contributed by atoms with van der Waals surface area (Å²) in [4.78, 5) is 11.2. The molecule has 0 fully saturated rings. The molecule has 0 saturated carbocycles. The summed E-state index contributed by atoms with van der Waals surface area (Å²) in [5, 5.41) is 9.83. The largest absolute Gasteiger partial charge is 0.507 e. The molecule has 0 bridgehead atoms. The number of hydrogen-bond donors (Lipinski definition) is 1. The maximum atomic E-state index is 11.2. The normalized spacial score (nSPS) is 9.93. The van der Waals surface area contributed by atoms with E-state index in [9.17, 15) is 9.90 Å². The first-order valence-corrected chi connectivity index (χ1v) is 4.60. The highest BCUT2D eigenvalue weighted by atomic mass is 35.5. The van der Waals surface area contributed by atoms with Gasteiger partial charge in [-0.05, 0) is 26.0 Å². The number of benzene rings is 1. The number of rotatable bonds is 3. The molecule has 0 unspecified atom stereocenters. The van der Waals surface area contributed by atoms with Crippen LogP contribution in [0, 0.1) is 0 Å². The fraction of sp³-hybridized carbons (Fsp3) is 0.300. The molecule has 0 radical (unpaired) electrons. The molecule has 0 heterocycles. The van der Waals surface area contributed by atoms with Crippen LogP contribution in [0.1, 0.15) is 24.2 Å². The Morgan fingerprint density at radius 3 is 2.71 bits per heavy atom. The van der Waals surface area contributed by atoms with Gasteiger partial charge in [-0.25, -0.2) is 0 Å². The monoisotopic (exact) mass is 214 g/mol. The van der Waals surface area contributed by atoms with E-state index in [1.807, 2.05) is 0 Å². The van der Waals surface area contributed by atoms with Gasteiger partial charge in [-0.1, -0.05) is 11.6 Å². The Bertz CT molecular complexity index is 361. The van der Waals surface area contributed by atoms with E-state index in [1.165, 1.54) is 19.1 Å². The summed E-state index contributed by atoms with van der Waals surface area (Å²) in [7, 11) is 0. The first-order valence-electron chi connectivity index (χ1n) is 4.22. The fourth-order valence-electron chi connectivity index (χ4n) is 1.19. The van der Waals surface area contributed by atoms with Crippen molar-refractivity contribution >= 4 is 17.4 Å². The lowest BCUT2D eigenvalue weighted by molar-refractivity contribution is 0.101. The molecule has 14 heavy (non-hydrogen) atoms. The maximum Gasteiger partial charge on any atom is 0.167 e. The lowest BCUT2D eigenvalue weighted by Gasteiger charge is -2.09. The first-order chi connectivity index (χ1) is 6.56. The molecule has 4 heteroatoms. The van der Waals surface area contributed by atoms with Gasteiger partial charge in [-0.2, -0.15) is 0 Å². The van der Waals surface area contributed by atoms with E-state index >= 15 is 0 Å². The number of halogens is 1. The van der Waals surface area contributed by atoms with Gasteiger partial charge in [0.05, 0.1) is 6.61 Å². The molecule has 0 saturated heterocycles. The van der Waals surface area contributed by atoms with Crippen LogP contribution in [-0.2, 0) is 0 Å². The second-order valence-electron chi connectivity index (χ2n) is 2.79. The number of phenolic OH excluding ortho intramolecular Hbond substituents is 1. The number of hydrogen-bond acceptors (Lipinski definition) is 3. The third kappa shape index (κ3) is 2.17. The molecule has 1 aromatic carbocycles. The average molecular weight is 215 g/mol. The molecule has 1 aromatic rings. The molecule has 0 aliphatic rings. The Labute approximate surface area is 87.3 Å². The first kappa shape index (κ1) is 10.9. The van der Waals surface area contributed by atoms with Gasteiger partial charge in [-0.3, -0.25) is 4.79 Å². The van der Waals surface area contributed by atoms with E-state index in [2.05, 4.69) is 0 Å². The van der Waals surface area contributed by atoms with Crippen molar-refractivity contribution in [2.24, 2.45) is 0 Å². The predicted octanol–water partition coefficient (Wildman–Crippen LogP) is 2.65. The molecular weight excluding hydrogens is 204 g/mol. The molecule has 0 atom stereocenters. The fourth-order valence-corrected chi connectivity index (χ4v) is 1.39. The summed E-state index contributed by atoms with van der Waals surface area (Å²) in [6.45, 7) is 3.58. The molecule has 0 spiro atoms. The third-order valence-electron chi connectivity index (χ3n) is 1.70. The highest BCUT2D eigenvalue weighted by molar-refractivity contribution is 6.31. The summed E-state index contributed by atoms with van der Waals surface area (Å²) in [5.74, 6) is -0.0685. The lowest BCUT2D eigenvalue weighted by atomic mass is 10.1. The van der Waals surface area contributed by atoms with Crippen molar-refractivity contribution < 1.29 is 14.6 Å². The molecule has 1 N–H and O–H groups in total. The van der Waals surface area contributed by atoms with Crippen molar-refractivity contribution in [2.75, 3.05) is 6.61 Å². The van der Waals surface area contributed by atoms with Crippen molar-refractivity contribution in [1.82, 2.24) is 0 Å². The van der Waals surface area contributed by atoms with Gasteiger partial charge in [0.2, 0.25) is 0 Å². The van der Waals surface area contributed by atoms with Gasteiger partial charge in [0, 0.05) is 5.02 Å². The quantitative estimate of drug-likeness (QED) is 0.787. The third-order valence-corrected chi connectivity index (χ3v) is 1.92. The summed E-state index contributed by atoms with van der Waals surface area (Å²) in [6, 6.07) is 2.84. The Hall–Kier alpha value is -1.22. The van der Waals surface area contributed by atoms with Crippen LogP contribution in [0.3, 0.4) is 0 Å². The maximum absolute atomic E-state index is 11.2. The van der Waals surface area contributed by atoms with Gasteiger partial charge >= 0.3 is 0 Å². The van der Waals surface area contributed by atoms with Gasteiger partial charge in [0.1, 0.15) is 17.1 Å². The number of ketones is 1. The number of phenols is 1. The van der Waals surface area contributed by atoms with Crippen molar-refractivity contribution in [2.45, 2.75) is 13.8 Å². The van der Waals surface area contributed by atoms with E-state index in [4.69, 9.17) is 16.3 Å². The van der Waals surface area contributed by atoms with Crippen LogP contribution >= 0.6 is 11.6 Å². The molecule has 0 aliphatic heterocycles. The number of carbonyl (C=O) groups excluding carboxylic acids is 1. The second-order valence-corrected chi connectivity index (χ2v) is 3.22. The molecule has 0 aliphatic carbocycles. The van der Waals surface area contributed by atoms with Gasteiger partial charge in [0.15, 0.2) is 5.78 Å². The van der Waals surface area contributed by atoms with Gasteiger partial charge in [0.25, 0.3) is 0 Å². The van der Waals surface area contributed by atoms with Gasteiger partial charge < -0.3 is 9.84 Å². The number of ether oxygens (including phenoxy) is 1. The minimum Gasteiger partial charge on any atom is -0.507 e. The SMILES string of the molecule is CCOc1cc(Cl)cc(O)c1C(C)=O. The zero-order chi connectivity index (χ0) is 10.7. The summed E-state index contributed by atoms with van der Waals surface area (Å²) < 4.78 is 5.19. The Balaban J connectivity index is 3.28. The van der Waals surface area contributed by atoms with E-state index in [-0.39, 0.29) is 17.1 Å². The van der Waals surface area contributed by atoms with E-state index in [0.717, 1.165) is 0 Å². The number of carbonyl (C=O) groups is 1. The molecule has 0 aromatic heterocycles. The van der Waals surface area contributed by atoms with Gasteiger partial charge in [-0.15, -0.1) is 0 Å². The van der Waals surface area contributed by atoms with Crippen LogP contribution in [0.15, 0.2) is 12.1 Å². The van der Waals surface area contributed by atoms with E-state index in [1.54, 1.807) is 6.92 Å². The smallest absolute Gasteiger partial charge is 0.167 e. The summed E-state index contributed by atoms with van der Waals surface area (Å²) in [6.07, 6.45) is 0. The lowest BCUT2D eigenvalue weighted by Crippen LogP contribution is -2.01. The van der Waals surface area contributed by atoms with Crippen LogP contribution in [0.4, 0.5) is 0 Å². The Morgan fingerprint density at radius 1 is 1.57 bits per heavy atom. The van der Waals surface area contributed by atoms with Crippen LogP contribution in [-0.4, -0.2) is 17.5 Å². The van der Waals surface area contributed by atoms with E-state index in [0.29, 0.717) is 17.4 Å². The second kappa shape index (κ2) is 4.33. The zero-order valence-electron chi connectivity index (χ0n) is 8.00. The Morgan fingerprint density at radius 2 is 2.21 bits per heavy atom. The van der Waals surface area contributed by atoms with Crippen LogP contribution in [0.25, 0.3) is 0 Å². The summed E-state index contributed by atoms with van der Waals surface area (Å²) in [5.41, 5.74) is 0.177. The van der Waals surface area contributed by atoms with Crippen LogP contribution in [0.5, 0.6) is 11.5 Å². The van der Waals surface area contributed by atoms with E-state index < -0.39 is 0 Å². The standard InChI is InChI=1S/C10H11ClO3/c1-3-14-9-5-7(11)4-8(13)10(9)6(2)12/h4-5,13H,3H2,1-2H3. The minimum absolute atomic E-state index is 0.145. The molecular formula is C10H11ClO3. The number of aromatic hydroxyl groups is 1. The zero-order valence-corrected chi connectivity index (χ0v) is 8.76. The highest BCUT2D eigenvalue weighted by Gasteiger charge is 2.14. The average Bonchev–Trinajstić information content (AvgIpc) is 2.01. The van der Waals surface area contributed by atoms with Crippen LogP contribution < -0.4 is 4.74 Å². The molecule has 3 nitrogen and oxygen atoms in total. The van der Waals surface area contributed by atoms with Crippen molar-refractivity contribution in [3.05, 3.63) is 22.7 Å². The molecule has 0 amide bonds. The highest BCUT2D eigenvalue weighted by Crippen LogP contribution is 2.32. The van der Waals surface area contributed by atoms with Crippen molar-refractivity contribution in [1.29, 1.82) is 0 Å². The van der Waals surface area contributed by atoms with Crippen LogP contribution in [0.2, 0.25) is 5.02 Å². The molecule has 76 valence electrons. The van der Waals surface area contributed by atoms with Crippen molar-refractivity contribution in [3.8, 4) is 11.5 Å². The Kier molecular flexibility index (Phi) is 3.36. The topological polar surface area (TPSA) is 46.5 Å². The number of Topliss-reactive ketones (excluding diaryl/α,β-unsaturated/α-hetero) is 1. The summed E-state index contributed by atoms with van der Waals surface area (Å²) >= 11 is 5.71. The minimum atomic E-state index is -0.248. The predicted molar refractivity (Wildman–Crippen MR) is 54.3 cm³/mol.